The van der Waals surface area contributed by atoms with Crippen LogP contribution < -0.4 is 14.4 Å². The van der Waals surface area contributed by atoms with Crippen molar-refractivity contribution in [3.63, 3.8) is 0 Å². The Morgan fingerprint density at radius 1 is 1.00 bits per heavy atom. The van der Waals surface area contributed by atoms with Crippen molar-refractivity contribution >= 4 is 28.3 Å². The van der Waals surface area contributed by atoms with E-state index in [1.54, 1.807) is 13.2 Å². The van der Waals surface area contributed by atoms with Gasteiger partial charge in [0.05, 0.1) is 17.7 Å². The number of nitrogens with zero attached hydrogens (tertiary/aromatic N) is 3. The third kappa shape index (κ3) is 6.70. The number of hydrogen-bond acceptors (Lipinski definition) is 5. The Morgan fingerprint density at radius 2 is 1.70 bits per heavy atom. The molecule has 3 aromatic rings. The minimum Gasteiger partial charge on any atom is -0.495 e. The molecule has 0 saturated carbocycles. The minimum atomic E-state index is -1.48. The van der Waals surface area contributed by atoms with E-state index in [0.717, 1.165) is 48.7 Å². The SMILES string of the molecule is COc1ccccc1N1CCN(C(=O)c2cc(S(=O)Nc3ccc(CCN(C)C)cc3)ccc2C)CC1. The quantitative estimate of drug-likeness (QED) is 0.458. The number of benzene rings is 3. The fraction of sp³-hybridized carbons (Fsp3) is 0.345. The summed E-state index contributed by atoms with van der Waals surface area (Å²) < 4.78 is 21.7. The Hall–Kier alpha value is -3.36. The van der Waals surface area contributed by atoms with E-state index in [1.165, 1.54) is 5.56 Å². The molecular weight excluding hydrogens is 484 g/mol. The standard InChI is InChI=1S/C29H36N4O3S/c1-22-9-14-25(37(35)30-24-12-10-23(11-13-24)15-16-31(2)3)21-26(22)29(34)33-19-17-32(18-20-33)27-7-5-6-8-28(27)36-4/h5-14,21,30H,15-20H2,1-4H3. The van der Waals surface area contributed by atoms with E-state index in [-0.39, 0.29) is 5.91 Å². The van der Waals surface area contributed by atoms with Crippen LogP contribution in [0.4, 0.5) is 11.4 Å². The number of nitrogens with one attached hydrogen (secondary N) is 1. The highest BCUT2D eigenvalue weighted by Crippen LogP contribution is 2.29. The number of carbonyl (C=O) groups excluding carboxylic acids is 1. The number of carbonyl (C=O) groups is 1. The van der Waals surface area contributed by atoms with Gasteiger partial charge in [0.1, 0.15) is 16.7 Å². The van der Waals surface area contributed by atoms with Crippen LogP contribution in [0.1, 0.15) is 21.5 Å². The fourth-order valence-electron chi connectivity index (χ4n) is 4.42. The van der Waals surface area contributed by atoms with E-state index in [2.05, 4.69) is 40.7 Å². The van der Waals surface area contributed by atoms with Gasteiger partial charge < -0.3 is 24.2 Å². The Balaban J connectivity index is 1.40. The van der Waals surface area contributed by atoms with Crippen molar-refractivity contribution in [2.75, 3.05) is 63.6 Å². The number of aryl methyl sites for hydroxylation is 1. The third-order valence-electron chi connectivity index (χ3n) is 6.66. The van der Waals surface area contributed by atoms with E-state index >= 15 is 0 Å². The molecule has 1 fully saturated rings. The van der Waals surface area contributed by atoms with Crippen molar-refractivity contribution in [3.05, 3.63) is 83.4 Å². The molecule has 1 aliphatic heterocycles. The van der Waals surface area contributed by atoms with Crippen molar-refractivity contribution < 1.29 is 13.7 Å². The monoisotopic (exact) mass is 520 g/mol. The molecule has 3 aromatic carbocycles. The summed E-state index contributed by atoms with van der Waals surface area (Å²) in [5.74, 6) is 0.810. The van der Waals surface area contributed by atoms with Crippen LogP contribution >= 0.6 is 0 Å². The van der Waals surface area contributed by atoms with E-state index in [1.807, 2.05) is 60.4 Å². The van der Waals surface area contributed by atoms with Gasteiger partial charge in [0.2, 0.25) is 0 Å². The lowest BCUT2D eigenvalue weighted by Crippen LogP contribution is -2.49. The number of likely N-dealkylation sites (N-methyl/N-ethyl adjacent to an activating group) is 1. The van der Waals surface area contributed by atoms with E-state index in [0.29, 0.717) is 23.5 Å². The Morgan fingerprint density at radius 3 is 2.38 bits per heavy atom. The van der Waals surface area contributed by atoms with Gasteiger partial charge in [0, 0.05) is 44.0 Å². The predicted molar refractivity (Wildman–Crippen MR) is 151 cm³/mol. The molecule has 0 spiro atoms. The summed E-state index contributed by atoms with van der Waals surface area (Å²) >= 11 is 0. The maximum atomic E-state index is 13.4. The van der Waals surface area contributed by atoms with Crippen molar-refractivity contribution in [1.82, 2.24) is 9.80 Å². The van der Waals surface area contributed by atoms with E-state index < -0.39 is 11.0 Å². The molecule has 1 amide bonds. The van der Waals surface area contributed by atoms with Gasteiger partial charge in [-0.25, -0.2) is 4.21 Å². The zero-order valence-corrected chi connectivity index (χ0v) is 22.9. The fourth-order valence-corrected chi connectivity index (χ4v) is 5.30. The second-order valence-corrected chi connectivity index (χ2v) is 10.8. The first-order chi connectivity index (χ1) is 17.9. The molecule has 1 saturated heterocycles. The van der Waals surface area contributed by atoms with Crippen molar-refractivity contribution in [2.24, 2.45) is 0 Å². The molecule has 0 radical (unpaired) electrons. The van der Waals surface area contributed by atoms with Gasteiger partial charge in [-0.15, -0.1) is 0 Å². The number of rotatable bonds is 9. The number of piperazine rings is 1. The number of para-hydroxylation sites is 2. The van der Waals surface area contributed by atoms with Crippen molar-refractivity contribution in [1.29, 1.82) is 0 Å². The molecule has 1 heterocycles. The molecule has 8 heteroatoms. The van der Waals surface area contributed by atoms with Crippen molar-refractivity contribution in [3.8, 4) is 5.75 Å². The highest BCUT2D eigenvalue weighted by molar-refractivity contribution is 7.86. The molecule has 1 unspecified atom stereocenters. The van der Waals surface area contributed by atoms with Crippen LogP contribution in [0.2, 0.25) is 0 Å². The molecule has 1 atom stereocenters. The third-order valence-corrected chi connectivity index (χ3v) is 7.76. The number of ether oxygens (including phenoxy) is 1. The minimum absolute atomic E-state index is 0.0266. The van der Waals surface area contributed by atoms with E-state index in [4.69, 9.17) is 4.74 Å². The summed E-state index contributed by atoms with van der Waals surface area (Å²) in [6.45, 7) is 5.58. The number of hydrogen-bond donors (Lipinski definition) is 1. The second-order valence-electron chi connectivity index (χ2n) is 9.55. The molecule has 4 rings (SSSR count). The lowest BCUT2D eigenvalue weighted by molar-refractivity contribution is 0.0745. The van der Waals surface area contributed by atoms with Gasteiger partial charge in [-0.05, 0) is 75.0 Å². The molecule has 196 valence electrons. The lowest BCUT2D eigenvalue weighted by Gasteiger charge is -2.36. The molecule has 7 nitrogen and oxygen atoms in total. The molecular formula is C29H36N4O3S. The Bertz CT molecular complexity index is 1240. The first-order valence-electron chi connectivity index (χ1n) is 12.6. The van der Waals surface area contributed by atoms with Crippen LogP contribution in [0.15, 0.2) is 71.6 Å². The topological polar surface area (TPSA) is 65.1 Å². The largest absolute Gasteiger partial charge is 0.495 e. The number of methoxy groups -OCH3 is 1. The average molecular weight is 521 g/mol. The summed E-state index contributed by atoms with van der Waals surface area (Å²) in [5, 5.41) is 0. The normalized spacial score (nSPS) is 14.5. The summed E-state index contributed by atoms with van der Waals surface area (Å²) in [7, 11) is 4.31. The van der Waals surface area contributed by atoms with Crippen LogP contribution in [0.5, 0.6) is 5.75 Å². The molecule has 0 aromatic heterocycles. The van der Waals surface area contributed by atoms with Crippen LogP contribution in [0, 0.1) is 6.92 Å². The van der Waals surface area contributed by atoms with Gasteiger partial charge >= 0.3 is 0 Å². The van der Waals surface area contributed by atoms with Crippen LogP contribution in [0.3, 0.4) is 0 Å². The maximum absolute atomic E-state index is 13.4. The molecule has 0 aliphatic carbocycles. The van der Waals surface area contributed by atoms with Gasteiger partial charge in [-0.3, -0.25) is 4.79 Å². The smallest absolute Gasteiger partial charge is 0.254 e. The van der Waals surface area contributed by atoms with Crippen LogP contribution in [0.25, 0.3) is 0 Å². The number of amides is 1. The summed E-state index contributed by atoms with van der Waals surface area (Å²) in [6.07, 6.45) is 0.965. The van der Waals surface area contributed by atoms with Crippen LogP contribution in [-0.2, 0) is 17.4 Å². The van der Waals surface area contributed by atoms with Gasteiger partial charge in [-0.1, -0.05) is 30.3 Å². The second kappa shape index (κ2) is 12.3. The Labute approximate surface area is 222 Å². The molecule has 37 heavy (non-hydrogen) atoms. The average Bonchev–Trinajstić information content (AvgIpc) is 2.92. The summed E-state index contributed by atoms with van der Waals surface area (Å²) in [5.41, 5.74) is 4.54. The number of anilines is 2. The molecule has 1 N–H and O–H groups in total. The zero-order chi connectivity index (χ0) is 26.4. The first-order valence-corrected chi connectivity index (χ1v) is 13.7. The summed E-state index contributed by atoms with van der Waals surface area (Å²) in [4.78, 5) is 20.3. The summed E-state index contributed by atoms with van der Waals surface area (Å²) in [6, 6.07) is 21.4. The molecule has 0 bridgehead atoms. The maximum Gasteiger partial charge on any atom is 0.254 e. The highest BCUT2D eigenvalue weighted by Gasteiger charge is 2.25. The van der Waals surface area contributed by atoms with Gasteiger partial charge in [-0.2, -0.15) is 0 Å². The van der Waals surface area contributed by atoms with E-state index in [9.17, 15) is 9.00 Å². The zero-order valence-electron chi connectivity index (χ0n) is 22.1. The Kier molecular flexibility index (Phi) is 8.84. The lowest BCUT2D eigenvalue weighted by atomic mass is 10.1. The first kappa shape index (κ1) is 26.7. The van der Waals surface area contributed by atoms with Gasteiger partial charge in [0.15, 0.2) is 0 Å². The highest BCUT2D eigenvalue weighted by atomic mass is 32.2. The van der Waals surface area contributed by atoms with Crippen molar-refractivity contribution in [2.45, 2.75) is 18.2 Å². The predicted octanol–water partition coefficient (Wildman–Crippen LogP) is 4.20. The van der Waals surface area contributed by atoms with Crippen LogP contribution in [-0.4, -0.2) is 73.8 Å². The van der Waals surface area contributed by atoms with Gasteiger partial charge in [0.25, 0.3) is 5.91 Å². The molecule has 1 aliphatic rings.